The first-order chi connectivity index (χ1) is 32.7. The predicted octanol–water partition coefficient (Wildman–Crippen LogP) is -1.38. The van der Waals surface area contributed by atoms with Gasteiger partial charge in [-0.05, 0) is 0 Å². The molecule has 2 rings (SSSR count). The lowest BCUT2D eigenvalue weighted by Gasteiger charge is -2.22. The second-order valence-corrected chi connectivity index (χ2v) is 14.3. The van der Waals surface area contributed by atoms with Crippen molar-refractivity contribution < 1.29 is 100 Å². The number of carbonyl (C=O) groups is 7. The van der Waals surface area contributed by atoms with E-state index in [2.05, 4.69) is 10.2 Å². The second-order valence-electron chi connectivity index (χ2n) is 14.3. The standard InChI is InChI=1S/C42H72N4O21/c1-54-20-21-62-29-22-55-13-6-36(47)43-9-16-58-25-32-65-35-28-61-19-12-44(10-17-59-26-33-63-30-23-56-14-7-41(52)66-45-37(48)2-3-38(45)49)11-18-60-27-34-64-31-24-57-15-8-42(53)67-46-39(50)4-5-40(46)51/h2-35H2,1H3,(H,43,47). The highest BCUT2D eigenvalue weighted by Gasteiger charge is 2.33. The van der Waals surface area contributed by atoms with Gasteiger partial charge in [0.1, 0.15) is 0 Å². The van der Waals surface area contributed by atoms with Gasteiger partial charge in [-0.2, -0.15) is 0 Å². The van der Waals surface area contributed by atoms with Crippen LogP contribution in [0.1, 0.15) is 44.9 Å². The van der Waals surface area contributed by atoms with Gasteiger partial charge in [0.2, 0.25) is 5.91 Å². The molecule has 0 atom stereocenters. The average Bonchev–Trinajstić information content (AvgIpc) is 3.80. The van der Waals surface area contributed by atoms with Gasteiger partial charge in [0, 0.05) is 65.4 Å². The zero-order valence-electron chi connectivity index (χ0n) is 39.0. The van der Waals surface area contributed by atoms with Crippen molar-refractivity contribution in [3.05, 3.63) is 0 Å². The topological polar surface area (TPSA) is 270 Å². The average molecular weight is 969 g/mol. The van der Waals surface area contributed by atoms with Gasteiger partial charge in [-0.1, -0.05) is 0 Å². The molecule has 0 aromatic heterocycles. The van der Waals surface area contributed by atoms with Crippen LogP contribution in [-0.4, -0.2) is 242 Å². The van der Waals surface area contributed by atoms with Crippen molar-refractivity contribution in [3.8, 4) is 0 Å². The molecule has 2 fully saturated rings. The summed E-state index contributed by atoms with van der Waals surface area (Å²) < 4.78 is 65.7. The highest BCUT2D eigenvalue weighted by molar-refractivity contribution is 6.02. The minimum Gasteiger partial charge on any atom is -0.382 e. The first-order valence-electron chi connectivity index (χ1n) is 22.7. The lowest BCUT2D eigenvalue weighted by molar-refractivity contribution is -0.198. The number of hydroxylamine groups is 4. The van der Waals surface area contributed by atoms with Crippen LogP contribution in [-0.2, 0) is 100 Å². The molecule has 2 saturated heterocycles. The van der Waals surface area contributed by atoms with E-state index in [-0.39, 0.29) is 90.5 Å². The molecule has 386 valence electrons. The van der Waals surface area contributed by atoms with Gasteiger partial charge in [0.25, 0.3) is 23.6 Å². The van der Waals surface area contributed by atoms with E-state index < -0.39 is 35.6 Å². The normalized spacial score (nSPS) is 14.0. The number of amides is 5. The molecule has 5 amide bonds. The highest BCUT2D eigenvalue weighted by Crippen LogP contribution is 2.13. The Morgan fingerprint density at radius 3 is 1.03 bits per heavy atom. The van der Waals surface area contributed by atoms with Crippen LogP contribution < -0.4 is 5.32 Å². The largest absolute Gasteiger partial charge is 0.382 e. The maximum absolute atomic E-state index is 11.9. The van der Waals surface area contributed by atoms with Crippen LogP contribution >= 0.6 is 0 Å². The lowest BCUT2D eigenvalue weighted by Crippen LogP contribution is -2.34. The molecule has 25 heteroatoms. The quantitative estimate of drug-likeness (QED) is 0.0544. The molecular formula is C42H72N4O21. The number of nitrogens with one attached hydrogen (secondary N) is 1. The van der Waals surface area contributed by atoms with E-state index in [4.69, 9.17) is 66.5 Å². The first-order valence-corrected chi connectivity index (χ1v) is 22.7. The fourth-order valence-corrected chi connectivity index (χ4v) is 5.44. The highest BCUT2D eigenvalue weighted by atomic mass is 16.7. The van der Waals surface area contributed by atoms with Crippen molar-refractivity contribution in [1.29, 1.82) is 0 Å². The third-order valence-corrected chi connectivity index (χ3v) is 9.03. The molecule has 25 nitrogen and oxygen atoms in total. The van der Waals surface area contributed by atoms with E-state index in [1.165, 1.54) is 0 Å². The summed E-state index contributed by atoms with van der Waals surface area (Å²) in [7, 11) is 1.61. The first kappa shape index (κ1) is 59.3. The van der Waals surface area contributed by atoms with Crippen LogP contribution in [0.15, 0.2) is 0 Å². The molecule has 0 bridgehead atoms. The molecule has 0 aliphatic carbocycles. The number of hydrogen-bond donors (Lipinski definition) is 1. The molecule has 2 aliphatic rings. The summed E-state index contributed by atoms with van der Waals surface area (Å²) >= 11 is 0. The third-order valence-electron chi connectivity index (χ3n) is 9.03. The molecule has 0 aromatic rings. The summed E-state index contributed by atoms with van der Waals surface area (Å²) in [6.07, 6.45) is 0.151. The fourth-order valence-electron chi connectivity index (χ4n) is 5.44. The maximum Gasteiger partial charge on any atom is 0.335 e. The zero-order chi connectivity index (χ0) is 48.4. The Kier molecular flexibility index (Phi) is 36.4. The van der Waals surface area contributed by atoms with Gasteiger partial charge >= 0.3 is 11.9 Å². The molecule has 0 saturated carbocycles. The van der Waals surface area contributed by atoms with Crippen LogP contribution in [0.5, 0.6) is 0 Å². The number of methoxy groups -OCH3 is 1. The summed E-state index contributed by atoms with van der Waals surface area (Å²) in [5.41, 5.74) is 0. The SMILES string of the molecule is COCCOCCOCCC(=O)NCCOCCOCCOCCN(CCOCCOCCOCCC(=O)ON1C(=O)CCC1=O)CCOCCOCCOCCC(=O)ON1C(=O)CCC1=O. The van der Waals surface area contributed by atoms with E-state index in [0.29, 0.717) is 149 Å². The van der Waals surface area contributed by atoms with Crippen molar-refractivity contribution in [2.75, 3.05) is 185 Å². The van der Waals surface area contributed by atoms with Crippen molar-refractivity contribution in [3.63, 3.8) is 0 Å². The Hall–Kier alpha value is -3.83. The Morgan fingerprint density at radius 2 is 0.687 bits per heavy atom. The maximum atomic E-state index is 11.9. The summed E-state index contributed by atoms with van der Waals surface area (Å²) in [5, 5.41) is 3.79. The molecule has 0 aromatic carbocycles. The summed E-state index contributed by atoms with van der Waals surface area (Å²) in [4.78, 5) is 93.4. The van der Waals surface area contributed by atoms with Crippen molar-refractivity contribution in [1.82, 2.24) is 20.3 Å². The van der Waals surface area contributed by atoms with Gasteiger partial charge in [0.15, 0.2) is 0 Å². The molecule has 1 N–H and O–H groups in total. The fraction of sp³-hybridized carbons (Fsp3) is 0.833. The van der Waals surface area contributed by atoms with Crippen LogP contribution in [0.25, 0.3) is 0 Å². The van der Waals surface area contributed by atoms with Gasteiger partial charge in [0.05, 0.1) is 165 Å². The lowest BCUT2D eigenvalue weighted by atomic mass is 10.4. The second kappa shape index (κ2) is 41.2. The molecule has 2 heterocycles. The Balaban J connectivity index is 1.50. The number of hydrogen-bond acceptors (Lipinski definition) is 22. The molecule has 0 radical (unpaired) electrons. The van der Waals surface area contributed by atoms with E-state index in [0.717, 1.165) is 0 Å². The molecule has 0 spiro atoms. The van der Waals surface area contributed by atoms with E-state index >= 15 is 0 Å². The van der Waals surface area contributed by atoms with Crippen molar-refractivity contribution in [2.24, 2.45) is 0 Å². The molecule has 0 unspecified atom stereocenters. The van der Waals surface area contributed by atoms with Crippen molar-refractivity contribution >= 4 is 41.5 Å². The minimum atomic E-state index is -0.730. The summed E-state index contributed by atoms with van der Waals surface area (Å²) in [5.74, 6) is -3.71. The molecular weight excluding hydrogens is 896 g/mol. The Morgan fingerprint density at radius 1 is 0.403 bits per heavy atom. The molecule has 67 heavy (non-hydrogen) atoms. The summed E-state index contributed by atoms with van der Waals surface area (Å²) in [6, 6.07) is 0. The summed E-state index contributed by atoms with van der Waals surface area (Å²) in [6.45, 7) is 10.2. The minimum absolute atomic E-state index is 0.0302. The van der Waals surface area contributed by atoms with Crippen LogP contribution in [0, 0.1) is 0 Å². The van der Waals surface area contributed by atoms with Crippen molar-refractivity contribution in [2.45, 2.75) is 44.9 Å². The van der Waals surface area contributed by atoms with Gasteiger partial charge in [-0.25, -0.2) is 9.59 Å². The number of carbonyl (C=O) groups excluding carboxylic acids is 7. The van der Waals surface area contributed by atoms with Crippen LogP contribution in [0.4, 0.5) is 0 Å². The van der Waals surface area contributed by atoms with E-state index in [1.54, 1.807) is 7.11 Å². The van der Waals surface area contributed by atoms with Gasteiger partial charge < -0.3 is 71.8 Å². The van der Waals surface area contributed by atoms with E-state index in [1.807, 2.05) is 0 Å². The Labute approximate surface area is 391 Å². The van der Waals surface area contributed by atoms with Gasteiger partial charge in [-0.15, -0.1) is 10.1 Å². The smallest absolute Gasteiger partial charge is 0.335 e. The van der Waals surface area contributed by atoms with Crippen LogP contribution in [0.3, 0.4) is 0 Å². The monoisotopic (exact) mass is 968 g/mol. The zero-order valence-corrected chi connectivity index (χ0v) is 39.0. The number of ether oxygens (including phenoxy) is 12. The number of imide groups is 2. The van der Waals surface area contributed by atoms with Crippen LogP contribution in [0.2, 0.25) is 0 Å². The van der Waals surface area contributed by atoms with Gasteiger partial charge in [-0.3, -0.25) is 28.9 Å². The number of rotatable bonds is 47. The third kappa shape index (κ3) is 32.5. The van der Waals surface area contributed by atoms with E-state index in [9.17, 15) is 33.6 Å². The Bertz CT molecular complexity index is 1280. The predicted molar refractivity (Wildman–Crippen MR) is 229 cm³/mol. The molecule has 2 aliphatic heterocycles. The number of nitrogens with zero attached hydrogens (tertiary/aromatic N) is 3.